The zero-order valence-electron chi connectivity index (χ0n) is 20.0. The van der Waals surface area contributed by atoms with Gasteiger partial charge in [-0.05, 0) is 54.6 Å². The summed E-state index contributed by atoms with van der Waals surface area (Å²) in [5.74, 6) is 1.68. The predicted molar refractivity (Wildman–Crippen MR) is 135 cm³/mol. The fourth-order valence-electron chi connectivity index (χ4n) is 3.73. The molecule has 0 aromatic heterocycles. The number of amides is 2. The second-order valence-electron chi connectivity index (χ2n) is 7.69. The molecule has 1 heterocycles. The first kappa shape index (κ1) is 25.0. The van der Waals surface area contributed by atoms with Gasteiger partial charge in [0.15, 0.2) is 18.1 Å². The molecule has 0 unspecified atom stereocenters. The van der Waals surface area contributed by atoms with E-state index in [1.54, 1.807) is 59.5 Å². The van der Waals surface area contributed by atoms with Crippen molar-refractivity contribution in [2.45, 2.75) is 0 Å². The summed E-state index contributed by atoms with van der Waals surface area (Å²) in [5.41, 5.74) is 1.32. The Bertz CT molecular complexity index is 1240. The Labute approximate surface area is 213 Å². The van der Waals surface area contributed by atoms with Gasteiger partial charge in [0, 0.05) is 16.3 Å². The molecule has 1 N–H and O–H groups in total. The molecule has 3 aromatic rings. The molecule has 188 valence electrons. The largest absolute Gasteiger partial charge is 0.493 e. The van der Waals surface area contributed by atoms with Crippen LogP contribution in [0.15, 0.2) is 54.6 Å². The van der Waals surface area contributed by atoms with Crippen molar-refractivity contribution in [2.75, 3.05) is 51.3 Å². The summed E-state index contributed by atoms with van der Waals surface area (Å²) >= 11 is 5.91. The molecule has 2 amide bonds. The van der Waals surface area contributed by atoms with Crippen molar-refractivity contribution in [3.05, 3.63) is 65.2 Å². The van der Waals surface area contributed by atoms with Gasteiger partial charge in [0.2, 0.25) is 5.75 Å². The second kappa shape index (κ2) is 11.1. The number of hydrogen-bond acceptors (Lipinski definition) is 7. The van der Waals surface area contributed by atoms with Crippen molar-refractivity contribution in [2.24, 2.45) is 0 Å². The summed E-state index contributed by atoms with van der Waals surface area (Å²) in [5, 5.41) is 3.45. The monoisotopic (exact) mass is 512 g/mol. The smallest absolute Gasteiger partial charge is 0.265 e. The number of rotatable bonds is 9. The quantitative estimate of drug-likeness (QED) is 0.453. The Morgan fingerprint density at radius 2 is 1.69 bits per heavy atom. The summed E-state index contributed by atoms with van der Waals surface area (Å²) in [4.78, 5) is 27.2. The number of nitrogens with one attached hydrogen (secondary N) is 1. The number of methoxy groups -OCH3 is 3. The van der Waals surface area contributed by atoms with E-state index >= 15 is 0 Å². The highest BCUT2D eigenvalue weighted by molar-refractivity contribution is 6.30. The zero-order chi connectivity index (χ0) is 25.7. The van der Waals surface area contributed by atoms with E-state index in [1.165, 1.54) is 21.3 Å². The van der Waals surface area contributed by atoms with Crippen LogP contribution < -0.4 is 33.9 Å². The van der Waals surface area contributed by atoms with Crippen molar-refractivity contribution in [1.82, 2.24) is 0 Å². The van der Waals surface area contributed by atoms with Crippen LogP contribution in [0.4, 0.5) is 11.4 Å². The maximum absolute atomic E-state index is 13.0. The third-order valence-electron chi connectivity index (χ3n) is 5.48. The first-order chi connectivity index (χ1) is 17.4. The lowest BCUT2D eigenvalue weighted by atomic mass is 10.1. The highest BCUT2D eigenvalue weighted by Crippen LogP contribution is 2.39. The Morgan fingerprint density at radius 3 is 2.33 bits per heavy atom. The van der Waals surface area contributed by atoms with Gasteiger partial charge in [-0.25, -0.2) is 0 Å². The highest BCUT2D eigenvalue weighted by atomic mass is 35.5. The molecule has 0 fully saturated rings. The lowest BCUT2D eigenvalue weighted by Crippen LogP contribution is -2.41. The molecule has 36 heavy (non-hydrogen) atoms. The van der Waals surface area contributed by atoms with Crippen LogP contribution >= 0.6 is 11.6 Å². The molecule has 0 saturated heterocycles. The number of halogens is 1. The molecule has 3 aromatic carbocycles. The van der Waals surface area contributed by atoms with Crippen molar-refractivity contribution in [3.63, 3.8) is 0 Å². The maximum atomic E-state index is 13.0. The van der Waals surface area contributed by atoms with Crippen molar-refractivity contribution in [1.29, 1.82) is 0 Å². The molecule has 10 heteroatoms. The molecule has 4 rings (SSSR count). The van der Waals surface area contributed by atoms with Crippen LogP contribution in [-0.2, 0) is 4.79 Å². The second-order valence-corrected chi connectivity index (χ2v) is 8.12. The van der Waals surface area contributed by atoms with Crippen LogP contribution in [-0.4, -0.2) is 52.9 Å². The van der Waals surface area contributed by atoms with Crippen LogP contribution in [0, 0.1) is 0 Å². The number of anilines is 2. The molecule has 0 aliphatic carbocycles. The van der Waals surface area contributed by atoms with E-state index in [-0.39, 0.29) is 19.1 Å². The summed E-state index contributed by atoms with van der Waals surface area (Å²) < 4.78 is 27.3. The molecule has 0 saturated carbocycles. The summed E-state index contributed by atoms with van der Waals surface area (Å²) in [7, 11) is 4.44. The van der Waals surface area contributed by atoms with Crippen LogP contribution in [0.1, 0.15) is 10.4 Å². The SMILES string of the molecule is COc1cc(C(=O)Nc2ccc3c(c2)N(CCOc2ccc(Cl)cc2)C(=O)CO3)cc(OC)c1OC. The molecule has 9 nitrogen and oxygen atoms in total. The summed E-state index contributed by atoms with van der Waals surface area (Å²) in [6, 6.07) is 15.2. The average molecular weight is 513 g/mol. The lowest BCUT2D eigenvalue weighted by molar-refractivity contribution is -0.121. The zero-order valence-corrected chi connectivity index (χ0v) is 20.8. The number of benzene rings is 3. The van der Waals surface area contributed by atoms with Gasteiger partial charge in [0.1, 0.15) is 18.1 Å². The molecule has 0 bridgehead atoms. The van der Waals surface area contributed by atoms with Gasteiger partial charge >= 0.3 is 0 Å². The molecule has 1 aliphatic heterocycles. The highest BCUT2D eigenvalue weighted by Gasteiger charge is 2.26. The number of fused-ring (bicyclic) bond motifs is 1. The summed E-state index contributed by atoms with van der Waals surface area (Å²) in [6.07, 6.45) is 0. The molecule has 0 radical (unpaired) electrons. The fourth-order valence-corrected chi connectivity index (χ4v) is 3.85. The minimum absolute atomic E-state index is 0.0783. The average Bonchev–Trinajstić information content (AvgIpc) is 2.90. The Morgan fingerprint density at radius 1 is 1.00 bits per heavy atom. The van der Waals surface area contributed by atoms with E-state index in [2.05, 4.69) is 5.32 Å². The number of carbonyl (C=O) groups is 2. The van der Waals surface area contributed by atoms with Crippen LogP contribution in [0.3, 0.4) is 0 Å². The van der Waals surface area contributed by atoms with Crippen LogP contribution in [0.2, 0.25) is 5.02 Å². The fraction of sp³-hybridized carbons (Fsp3) is 0.231. The number of hydrogen-bond donors (Lipinski definition) is 1. The Balaban J connectivity index is 1.51. The number of ether oxygens (including phenoxy) is 5. The van der Waals surface area contributed by atoms with E-state index in [9.17, 15) is 9.59 Å². The Kier molecular flexibility index (Phi) is 7.70. The van der Waals surface area contributed by atoms with Crippen molar-refractivity contribution >= 4 is 34.8 Å². The van der Waals surface area contributed by atoms with Gasteiger partial charge in [0.05, 0.1) is 33.6 Å². The maximum Gasteiger partial charge on any atom is 0.265 e. The van der Waals surface area contributed by atoms with Gasteiger partial charge < -0.3 is 33.9 Å². The van der Waals surface area contributed by atoms with Gasteiger partial charge in [-0.2, -0.15) is 0 Å². The first-order valence-electron chi connectivity index (χ1n) is 11.0. The van der Waals surface area contributed by atoms with E-state index in [4.69, 9.17) is 35.3 Å². The van der Waals surface area contributed by atoms with Gasteiger partial charge in [-0.1, -0.05) is 11.6 Å². The number of carbonyl (C=O) groups excluding carboxylic acids is 2. The van der Waals surface area contributed by atoms with Crippen molar-refractivity contribution in [3.8, 4) is 28.7 Å². The molecule has 0 atom stereocenters. The van der Waals surface area contributed by atoms with Gasteiger partial charge in [0.25, 0.3) is 11.8 Å². The standard InChI is InChI=1S/C26H25ClN2O7/c1-32-22-12-16(13-23(33-2)25(22)34-3)26(31)28-18-6-9-21-20(14-18)29(24(30)15-36-21)10-11-35-19-7-4-17(27)5-8-19/h4-9,12-14H,10-11,15H2,1-3H3,(H,28,31). The van der Waals surface area contributed by atoms with Gasteiger partial charge in [-0.3, -0.25) is 9.59 Å². The van der Waals surface area contributed by atoms with E-state index < -0.39 is 5.91 Å². The normalized spacial score (nSPS) is 12.3. The summed E-state index contributed by atoms with van der Waals surface area (Å²) in [6.45, 7) is 0.474. The minimum Gasteiger partial charge on any atom is -0.493 e. The lowest BCUT2D eigenvalue weighted by Gasteiger charge is -2.29. The molecular weight excluding hydrogens is 488 g/mol. The van der Waals surface area contributed by atoms with Crippen molar-refractivity contribution < 1.29 is 33.3 Å². The topological polar surface area (TPSA) is 95.6 Å². The van der Waals surface area contributed by atoms with E-state index in [0.717, 1.165) is 0 Å². The van der Waals surface area contributed by atoms with Crippen LogP contribution in [0.5, 0.6) is 28.7 Å². The third-order valence-corrected chi connectivity index (χ3v) is 5.74. The molecule has 0 spiro atoms. The number of nitrogens with zero attached hydrogens (tertiary/aromatic N) is 1. The van der Waals surface area contributed by atoms with Crippen LogP contribution in [0.25, 0.3) is 0 Å². The first-order valence-corrected chi connectivity index (χ1v) is 11.4. The molecule has 1 aliphatic rings. The minimum atomic E-state index is -0.394. The van der Waals surface area contributed by atoms with Gasteiger partial charge in [-0.15, -0.1) is 0 Å². The third kappa shape index (κ3) is 5.41. The Hall–Kier alpha value is -4.11. The predicted octanol–water partition coefficient (Wildman–Crippen LogP) is 4.42. The van der Waals surface area contributed by atoms with E-state index in [0.29, 0.717) is 57.3 Å². The molecular formula is C26H25ClN2O7. The van der Waals surface area contributed by atoms with E-state index in [1.807, 2.05) is 0 Å².